The highest BCUT2D eigenvalue weighted by atomic mass is 16.4. The molecule has 2 amide bonds. The normalized spacial score (nSPS) is 12.1. The molecule has 9 heteroatoms. The van der Waals surface area contributed by atoms with Crippen LogP contribution in [0.5, 0.6) is 5.75 Å². The summed E-state index contributed by atoms with van der Waals surface area (Å²) in [6.45, 7) is 0.527. The van der Waals surface area contributed by atoms with Gasteiger partial charge in [-0.1, -0.05) is 72.8 Å². The quantitative estimate of drug-likeness (QED) is 0.139. The molecule has 4 aromatic rings. The first-order valence-corrected chi connectivity index (χ1v) is 13.8. The fraction of sp³-hybridized carbons (Fsp3) is 0.212. The van der Waals surface area contributed by atoms with Gasteiger partial charge in [0.1, 0.15) is 17.6 Å². The number of benzene rings is 3. The minimum Gasteiger partial charge on any atom is -0.508 e. The number of amides is 2. The van der Waals surface area contributed by atoms with Crippen molar-refractivity contribution in [3.63, 3.8) is 0 Å². The first kappa shape index (κ1) is 29.8. The molecule has 0 saturated carbocycles. The van der Waals surface area contributed by atoms with Gasteiger partial charge < -0.3 is 26.2 Å². The van der Waals surface area contributed by atoms with Crippen LogP contribution in [0.4, 0.5) is 5.82 Å². The Balaban J connectivity index is 1.44. The molecule has 0 aliphatic heterocycles. The highest BCUT2D eigenvalue weighted by Crippen LogP contribution is 2.24. The summed E-state index contributed by atoms with van der Waals surface area (Å²) in [6.07, 6.45) is 2.22. The summed E-state index contributed by atoms with van der Waals surface area (Å²) in [6, 6.07) is 27.3. The third kappa shape index (κ3) is 9.19. The van der Waals surface area contributed by atoms with Gasteiger partial charge in [0.2, 0.25) is 11.8 Å². The van der Waals surface area contributed by atoms with Crippen LogP contribution >= 0.6 is 0 Å². The molecule has 3 aromatic carbocycles. The molecule has 4 rings (SSSR count). The van der Waals surface area contributed by atoms with E-state index in [-0.39, 0.29) is 30.9 Å². The highest BCUT2D eigenvalue weighted by Gasteiger charge is 2.26. The molecule has 0 aliphatic rings. The van der Waals surface area contributed by atoms with Crippen molar-refractivity contribution < 1.29 is 24.6 Å². The number of aliphatic carboxylic acids is 1. The van der Waals surface area contributed by atoms with E-state index in [9.17, 15) is 24.6 Å². The molecule has 9 nitrogen and oxygen atoms in total. The van der Waals surface area contributed by atoms with Gasteiger partial charge in [-0.2, -0.15) is 0 Å². The molecule has 0 bridgehead atoms. The van der Waals surface area contributed by atoms with Crippen molar-refractivity contribution in [1.29, 1.82) is 0 Å². The van der Waals surface area contributed by atoms with Crippen LogP contribution in [0.15, 0.2) is 103 Å². The van der Waals surface area contributed by atoms with Gasteiger partial charge in [0.05, 0.1) is 12.5 Å². The maximum Gasteiger partial charge on any atom is 0.305 e. The van der Waals surface area contributed by atoms with Crippen molar-refractivity contribution in [2.75, 3.05) is 11.9 Å². The van der Waals surface area contributed by atoms with Gasteiger partial charge in [0, 0.05) is 25.6 Å². The van der Waals surface area contributed by atoms with Gasteiger partial charge in [-0.15, -0.1) is 0 Å². The SMILES string of the molecule is O=C(O)CC(NC(=O)[C@@H](Cc1ccc(O)cc1)NC(=O)CCCNc1ccccn1)c1ccc(-c2ccccc2)cc1. The second-order valence-corrected chi connectivity index (χ2v) is 9.88. The van der Waals surface area contributed by atoms with Crippen LogP contribution in [0.1, 0.15) is 36.4 Å². The van der Waals surface area contributed by atoms with Gasteiger partial charge in [-0.05, 0) is 52.9 Å². The predicted molar refractivity (Wildman–Crippen MR) is 161 cm³/mol. The average molecular weight is 567 g/mol. The van der Waals surface area contributed by atoms with Crippen LogP contribution in [0.25, 0.3) is 11.1 Å². The molecule has 2 atom stereocenters. The molecular weight excluding hydrogens is 532 g/mol. The molecular formula is C33H34N4O5. The lowest BCUT2D eigenvalue weighted by atomic mass is 9.98. The van der Waals surface area contributed by atoms with Gasteiger partial charge in [-0.3, -0.25) is 14.4 Å². The van der Waals surface area contributed by atoms with Crippen LogP contribution in [-0.2, 0) is 20.8 Å². The van der Waals surface area contributed by atoms with Gasteiger partial charge >= 0.3 is 5.97 Å². The molecule has 0 fully saturated rings. The van der Waals surface area contributed by atoms with E-state index in [0.717, 1.165) is 16.7 Å². The fourth-order valence-electron chi connectivity index (χ4n) is 4.51. The number of carbonyl (C=O) groups excluding carboxylic acids is 2. The number of aromatic nitrogens is 1. The van der Waals surface area contributed by atoms with E-state index in [1.165, 1.54) is 12.1 Å². The lowest BCUT2D eigenvalue weighted by molar-refractivity contribution is -0.138. The van der Waals surface area contributed by atoms with Crippen molar-refractivity contribution in [2.24, 2.45) is 0 Å². The number of hydrogen-bond acceptors (Lipinski definition) is 6. The zero-order chi connectivity index (χ0) is 29.7. The van der Waals surface area contributed by atoms with E-state index in [0.29, 0.717) is 24.3 Å². The number of nitrogens with zero attached hydrogens (tertiary/aromatic N) is 1. The maximum atomic E-state index is 13.5. The van der Waals surface area contributed by atoms with Gasteiger partial charge in [0.25, 0.3) is 0 Å². The molecule has 0 aliphatic carbocycles. The number of carbonyl (C=O) groups is 3. The van der Waals surface area contributed by atoms with Gasteiger partial charge in [0.15, 0.2) is 0 Å². The third-order valence-corrected chi connectivity index (χ3v) is 6.69. The fourth-order valence-corrected chi connectivity index (χ4v) is 4.51. The topological polar surface area (TPSA) is 141 Å². The van der Waals surface area contributed by atoms with E-state index < -0.39 is 24.0 Å². The molecule has 0 saturated heterocycles. The number of phenols is 1. The Morgan fingerprint density at radius 2 is 1.48 bits per heavy atom. The molecule has 1 aromatic heterocycles. The zero-order valence-corrected chi connectivity index (χ0v) is 23.1. The maximum absolute atomic E-state index is 13.5. The van der Waals surface area contributed by atoms with Crippen molar-refractivity contribution in [2.45, 2.75) is 37.8 Å². The van der Waals surface area contributed by atoms with E-state index >= 15 is 0 Å². The van der Waals surface area contributed by atoms with Crippen LogP contribution < -0.4 is 16.0 Å². The largest absolute Gasteiger partial charge is 0.508 e. The summed E-state index contributed by atoms with van der Waals surface area (Å²) in [7, 11) is 0. The second kappa shape index (κ2) is 15.0. The Hall–Kier alpha value is -5.18. The molecule has 5 N–H and O–H groups in total. The molecule has 216 valence electrons. The van der Waals surface area contributed by atoms with Crippen LogP contribution in [0, 0.1) is 0 Å². The molecule has 42 heavy (non-hydrogen) atoms. The first-order valence-electron chi connectivity index (χ1n) is 13.8. The number of carboxylic acids is 1. The smallest absolute Gasteiger partial charge is 0.305 e. The van der Waals surface area contributed by atoms with E-state index in [4.69, 9.17) is 0 Å². The predicted octanol–water partition coefficient (Wildman–Crippen LogP) is 4.71. The zero-order valence-electron chi connectivity index (χ0n) is 23.1. The van der Waals surface area contributed by atoms with E-state index in [1.807, 2.05) is 60.7 Å². The Labute approximate surface area is 244 Å². The minimum absolute atomic E-state index is 0.0877. The van der Waals surface area contributed by atoms with Crippen LogP contribution in [0.3, 0.4) is 0 Å². The minimum atomic E-state index is -1.06. The lowest BCUT2D eigenvalue weighted by Gasteiger charge is -2.23. The van der Waals surface area contributed by atoms with Crippen molar-refractivity contribution in [3.8, 4) is 16.9 Å². The number of anilines is 1. The summed E-state index contributed by atoms with van der Waals surface area (Å²) >= 11 is 0. The summed E-state index contributed by atoms with van der Waals surface area (Å²) < 4.78 is 0. The Kier molecular flexibility index (Phi) is 10.6. The molecule has 0 radical (unpaired) electrons. The Morgan fingerprint density at radius 3 is 2.14 bits per heavy atom. The summed E-state index contributed by atoms with van der Waals surface area (Å²) in [5.41, 5.74) is 3.36. The Morgan fingerprint density at radius 1 is 0.786 bits per heavy atom. The van der Waals surface area contributed by atoms with Crippen molar-refractivity contribution in [1.82, 2.24) is 15.6 Å². The molecule has 1 heterocycles. The Bertz CT molecular complexity index is 1450. The molecule has 0 spiro atoms. The monoisotopic (exact) mass is 566 g/mol. The number of pyridine rings is 1. The van der Waals surface area contributed by atoms with E-state index in [2.05, 4.69) is 20.9 Å². The number of hydrogen-bond donors (Lipinski definition) is 5. The average Bonchev–Trinajstić information content (AvgIpc) is 3.00. The summed E-state index contributed by atoms with van der Waals surface area (Å²) in [5, 5.41) is 28.0. The standard InChI is InChI=1S/C33H34N4O5/c38-27-17-11-23(12-18-27)21-29(36-31(39)10-6-20-35-30-9-4-5-19-34-30)33(42)37-28(22-32(40)41)26-15-13-25(14-16-26)24-7-2-1-3-8-24/h1-5,7-9,11-19,28-29,38H,6,10,20-22H2,(H,34,35)(H,36,39)(H,37,42)(H,40,41)/t28?,29-/m1/s1. The number of rotatable bonds is 14. The van der Waals surface area contributed by atoms with Gasteiger partial charge in [-0.25, -0.2) is 4.98 Å². The van der Waals surface area contributed by atoms with Crippen molar-refractivity contribution >= 4 is 23.6 Å². The number of carboxylic acid groups (broad SMARTS) is 1. The lowest BCUT2D eigenvalue weighted by Crippen LogP contribution is -2.49. The number of phenolic OH excluding ortho intramolecular Hbond substituents is 1. The first-order chi connectivity index (χ1) is 20.4. The molecule has 1 unspecified atom stereocenters. The third-order valence-electron chi connectivity index (χ3n) is 6.69. The highest BCUT2D eigenvalue weighted by molar-refractivity contribution is 5.88. The number of aromatic hydroxyl groups is 1. The number of nitrogens with one attached hydrogen (secondary N) is 3. The van der Waals surface area contributed by atoms with Crippen LogP contribution in [-0.4, -0.2) is 45.6 Å². The summed E-state index contributed by atoms with van der Waals surface area (Å²) in [5.74, 6) is -1.07. The van der Waals surface area contributed by atoms with Crippen LogP contribution in [0.2, 0.25) is 0 Å². The summed E-state index contributed by atoms with van der Waals surface area (Å²) in [4.78, 5) is 42.3. The van der Waals surface area contributed by atoms with Crippen molar-refractivity contribution in [3.05, 3.63) is 114 Å². The van der Waals surface area contributed by atoms with E-state index in [1.54, 1.807) is 30.5 Å². The second-order valence-electron chi connectivity index (χ2n) is 9.88.